The maximum Gasteiger partial charge on any atom is 0.224 e. The summed E-state index contributed by atoms with van der Waals surface area (Å²) >= 11 is 0. The molecule has 0 aromatic carbocycles. The molecule has 1 aliphatic heterocycles. The van der Waals surface area contributed by atoms with Crippen molar-refractivity contribution < 1.29 is 17.9 Å². The maximum absolute atomic E-state index is 11.9. The van der Waals surface area contributed by atoms with Crippen molar-refractivity contribution in [3.05, 3.63) is 12.2 Å². The summed E-state index contributed by atoms with van der Waals surface area (Å²) in [7, 11) is -1.61. The number of methoxy groups -OCH3 is 1. The molecule has 5 nitrogen and oxygen atoms in total. The van der Waals surface area contributed by atoms with Gasteiger partial charge in [-0.15, -0.1) is 0 Å². The molecule has 2 aliphatic rings. The normalized spacial score (nSPS) is 31.8. The second-order valence-electron chi connectivity index (χ2n) is 4.61. The van der Waals surface area contributed by atoms with Crippen molar-refractivity contribution in [1.82, 2.24) is 5.32 Å². The van der Waals surface area contributed by atoms with Gasteiger partial charge in [-0.2, -0.15) is 0 Å². The highest BCUT2D eigenvalue weighted by Gasteiger charge is 2.39. The molecule has 0 unspecified atom stereocenters. The zero-order valence-corrected chi connectivity index (χ0v) is 10.6. The van der Waals surface area contributed by atoms with Crippen molar-refractivity contribution in [2.45, 2.75) is 25.0 Å². The first-order valence-corrected chi connectivity index (χ1v) is 7.52. The van der Waals surface area contributed by atoms with Crippen LogP contribution in [-0.2, 0) is 19.4 Å². The summed E-state index contributed by atoms with van der Waals surface area (Å²) in [5.41, 5.74) is 0. The number of sulfone groups is 1. The van der Waals surface area contributed by atoms with Gasteiger partial charge in [0.05, 0.1) is 23.7 Å². The molecule has 17 heavy (non-hydrogen) atoms. The molecule has 2 atom stereocenters. The van der Waals surface area contributed by atoms with E-state index in [1.54, 1.807) is 0 Å². The highest BCUT2D eigenvalue weighted by Crippen LogP contribution is 2.20. The molecule has 0 saturated carbocycles. The second-order valence-corrected chi connectivity index (χ2v) is 6.76. The van der Waals surface area contributed by atoms with Gasteiger partial charge in [-0.1, -0.05) is 12.2 Å². The summed E-state index contributed by atoms with van der Waals surface area (Å²) in [6.07, 6.45) is 5.01. The lowest BCUT2D eigenvalue weighted by molar-refractivity contribution is -0.126. The van der Waals surface area contributed by atoms with Crippen molar-refractivity contribution in [3.63, 3.8) is 0 Å². The van der Waals surface area contributed by atoms with Gasteiger partial charge in [0, 0.05) is 13.0 Å². The van der Waals surface area contributed by atoms with Crippen LogP contribution in [0, 0.1) is 5.92 Å². The van der Waals surface area contributed by atoms with Crippen molar-refractivity contribution in [2.24, 2.45) is 5.92 Å². The minimum absolute atomic E-state index is 0.00262. The number of ether oxygens (including phenoxy) is 1. The summed E-state index contributed by atoms with van der Waals surface area (Å²) in [6, 6.07) is -0.405. The highest BCUT2D eigenvalue weighted by molar-refractivity contribution is 7.91. The van der Waals surface area contributed by atoms with E-state index in [1.165, 1.54) is 7.11 Å². The fraction of sp³-hybridized carbons (Fsp3) is 0.727. The average molecular weight is 259 g/mol. The Balaban J connectivity index is 1.96. The van der Waals surface area contributed by atoms with Crippen LogP contribution in [0.2, 0.25) is 0 Å². The summed E-state index contributed by atoms with van der Waals surface area (Å²) in [5.74, 6) is -0.135. The summed E-state index contributed by atoms with van der Waals surface area (Å²) < 4.78 is 28.1. The van der Waals surface area contributed by atoms with E-state index in [9.17, 15) is 13.2 Å². The summed E-state index contributed by atoms with van der Waals surface area (Å²) in [5, 5.41) is 2.79. The lowest BCUT2D eigenvalue weighted by Gasteiger charge is -2.20. The zero-order valence-electron chi connectivity index (χ0n) is 9.76. The van der Waals surface area contributed by atoms with Gasteiger partial charge in [0.25, 0.3) is 0 Å². The number of carbonyl (C=O) groups is 1. The first-order chi connectivity index (χ1) is 8.02. The van der Waals surface area contributed by atoms with E-state index in [-0.39, 0.29) is 23.3 Å². The fourth-order valence-electron chi connectivity index (χ4n) is 2.31. The lowest BCUT2D eigenvalue weighted by Crippen LogP contribution is -2.45. The molecule has 1 heterocycles. The first kappa shape index (κ1) is 12.6. The molecular weight excluding hydrogens is 242 g/mol. The molecule has 0 bridgehead atoms. The number of amides is 1. The summed E-state index contributed by atoms with van der Waals surface area (Å²) in [6.45, 7) is 0. The molecule has 2 rings (SSSR count). The van der Waals surface area contributed by atoms with Gasteiger partial charge in [-0.05, 0) is 12.8 Å². The van der Waals surface area contributed by atoms with E-state index in [4.69, 9.17) is 4.74 Å². The molecule has 0 aromatic rings. The predicted molar refractivity (Wildman–Crippen MR) is 63.2 cm³/mol. The van der Waals surface area contributed by atoms with E-state index < -0.39 is 22.0 Å². The Hall–Kier alpha value is -0.880. The summed E-state index contributed by atoms with van der Waals surface area (Å²) in [4.78, 5) is 11.9. The van der Waals surface area contributed by atoms with E-state index in [0.717, 1.165) is 12.8 Å². The fourth-order valence-corrected chi connectivity index (χ4v) is 4.16. The van der Waals surface area contributed by atoms with Crippen molar-refractivity contribution in [3.8, 4) is 0 Å². The molecule has 1 aliphatic carbocycles. The molecule has 6 heteroatoms. The van der Waals surface area contributed by atoms with Gasteiger partial charge in [-0.25, -0.2) is 8.42 Å². The third-order valence-electron chi connectivity index (χ3n) is 3.31. The minimum atomic E-state index is -3.08. The molecule has 96 valence electrons. The Morgan fingerprint density at radius 2 is 1.94 bits per heavy atom. The molecule has 0 spiro atoms. The zero-order chi connectivity index (χ0) is 12.5. The van der Waals surface area contributed by atoms with E-state index in [1.807, 2.05) is 12.2 Å². The second kappa shape index (κ2) is 4.78. The van der Waals surface area contributed by atoms with Crippen LogP contribution in [0.4, 0.5) is 0 Å². The quantitative estimate of drug-likeness (QED) is 0.717. The van der Waals surface area contributed by atoms with Gasteiger partial charge in [-0.3, -0.25) is 4.79 Å². The van der Waals surface area contributed by atoms with Crippen molar-refractivity contribution in [1.29, 1.82) is 0 Å². The van der Waals surface area contributed by atoms with Crippen LogP contribution in [0.1, 0.15) is 12.8 Å². The molecule has 0 radical (unpaired) electrons. The third kappa shape index (κ3) is 2.87. The Kier molecular flexibility index (Phi) is 3.53. The van der Waals surface area contributed by atoms with E-state index >= 15 is 0 Å². The molecular formula is C11H17NO4S. The van der Waals surface area contributed by atoms with Crippen LogP contribution in [0.3, 0.4) is 0 Å². The van der Waals surface area contributed by atoms with Crippen molar-refractivity contribution in [2.75, 3.05) is 18.6 Å². The Bertz CT molecular complexity index is 421. The predicted octanol–water partition coefficient (Wildman–Crippen LogP) is -0.119. The Morgan fingerprint density at radius 3 is 2.53 bits per heavy atom. The molecule has 0 aromatic heterocycles. The number of carbonyl (C=O) groups excluding carboxylic acids is 1. The molecule has 1 fully saturated rings. The number of rotatable bonds is 3. The van der Waals surface area contributed by atoms with E-state index in [0.29, 0.717) is 0 Å². The van der Waals surface area contributed by atoms with Crippen LogP contribution < -0.4 is 5.32 Å². The Labute approximate surface area is 101 Å². The van der Waals surface area contributed by atoms with Gasteiger partial charge in [0.2, 0.25) is 5.91 Å². The SMILES string of the molecule is CO[C@@H]1CS(=O)(=O)C[C@H]1NC(=O)C1CC=CC1. The van der Waals surface area contributed by atoms with Crippen LogP contribution in [0.15, 0.2) is 12.2 Å². The van der Waals surface area contributed by atoms with Gasteiger partial charge >= 0.3 is 0 Å². The monoisotopic (exact) mass is 259 g/mol. The molecule has 1 amide bonds. The van der Waals surface area contributed by atoms with Crippen LogP contribution >= 0.6 is 0 Å². The van der Waals surface area contributed by atoms with Crippen LogP contribution in [0.25, 0.3) is 0 Å². The lowest BCUT2D eigenvalue weighted by atomic mass is 10.1. The standard InChI is InChI=1S/C11H17NO4S/c1-16-10-7-17(14,15)6-9(10)12-11(13)8-4-2-3-5-8/h2-3,8-10H,4-7H2,1H3,(H,12,13)/t9-,10-/m1/s1. The molecule has 1 N–H and O–H groups in total. The molecule has 1 saturated heterocycles. The number of hydrogen-bond acceptors (Lipinski definition) is 4. The Morgan fingerprint density at radius 1 is 1.29 bits per heavy atom. The van der Waals surface area contributed by atoms with E-state index in [2.05, 4.69) is 5.32 Å². The topological polar surface area (TPSA) is 72.5 Å². The van der Waals surface area contributed by atoms with Crippen molar-refractivity contribution >= 4 is 15.7 Å². The van der Waals surface area contributed by atoms with Crippen LogP contribution in [-0.4, -0.2) is 45.1 Å². The van der Waals surface area contributed by atoms with Gasteiger partial charge < -0.3 is 10.1 Å². The minimum Gasteiger partial charge on any atom is -0.378 e. The van der Waals surface area contributed by atoms with Crippen LogP contribution in [0.5, 0.6) is 0 Å². The first-order valence-electron chi connectivity index (χ1n) is 5.70. The largest absolute Gasteiger partial charge is 0.378 e. The number of nitrogens with one attached hydrogen (secondary N) is 1. The number of hydrogen-bond donors (Lipinski definition) is 1. The average Bonchev–Trinajstić information content (AvgIpc) is 2.85. The maximum atomic E-state index is 11.9. The smallest absolute Gasteiger partial charge is 0.224 e. The highest BCUT2D eigenvalue weighted by atomic mass is 32.2. The number of allylic oxidation sites excluding steroid dienone is 2. The van der Waals surface area contributed by atoms with Gasteiger partial charge in [0.1, 0.15) is 0 Å². The van der Waals surface area contributed by atoms with Gasteiger partial charge in [0.15, 0.2) is 9.84 Å². The third-order valence-corrected chi connectivity index (χ3v) is 5.01.